The van der Waals surface area contributed by atoms with Crippen LogP contribution in [0.25, 0.3) is 6.08 Å². The quantitative estimate of drug-likeness (QED) is 0.0684. The second-order valence-corrected chi connectivity index (χ2v) is 11.5. The van der Waals surface area contributed by atoms with Gasteiger partial charge in [0.05, 0.1) is 27.0 Å². The van der Waals surface area contributed by atoms with Crippen molar-refractivity contribution in [3.05, 3.63) is 135 Å². The summed E-state index contributed by atoms with van der Waals surface area (Å²) in [5.41, 5.74) is -1.52. The van der Waals surface area contributed by atoms with Crippen LogP contribution in [0.15, 0.2) is 108 Å². The third-order valence-corrected chi connectivity index (χ3v) is 7.61. The van der Waals surface area contributed by atoms with Gasteiger partial charge in [0, 0.05) is 27.2 Å². The van der Waals surface area contributed by atoms with E-state index in [2.05, 4.69) is 16.0 Å². The molecule has 236 valence electrons. The molecule has 3 N–H and O–H groups in total. The lowest BCUT2D eigenvalue weighted by Gasteiger charge is -2.17. The summed E-state index contributed by atoms with van der Waals surface area (Å²) in [6, 6.07) is 23.0. The van der Waals surface area contributed by atoms with Gasteiger partial charge >= 0.3 is 6.18 Å². The molecule has 9 nitrogen and oxygen atoms in total. The minimum Gasteiger partial charge on any atom is -0.325 e. The summed E-state index contributed by atoms with van der Waals surface area (Å²) < 4.78 is 40.4. The van der Waals surface area contributed by atoms with Crippen molar-refractivity contribution in [2.24, 2.45) is 0 Å². The van der Waals surface area contributed by atoms with Crippen LogP contribution in [0.1, 0.15) is 28.4 Å². The second-order valence-electron chi connectivity index (χ2n) is 9.61. The fourth-order valence-corrected chi connectivity index (χ4v) is 5.17. The summed E-state index contributed by atoms with van der Waals surface area (Å²) in [4.78, 5) is 50.6. The molecular weight excluding hydrogens is 645 g/mol. The number of nitro benzene ring substituents is 1. The molecule has 14 heteroatoms. The maximum atomic E-state index is 13.5. The molecule has 0 aliphatic carbocycles. The Kier molecular flexibility index (Phi) is 10.8. The smallest absolute Gasteiger partial charge is 0.325 e. The number of halogens is 4. The van der Waals surface area contributed by atoms with E-state index < -0.39 is 45.3 Å². The number of benzene rings is 4. The molecule has 0 radical (unpaired) electrons. The van der Waals surface area contributed by atoms with Crippen LogP contribution < -0.4 is 16.0 Å². The van der Waals surface area contributed by atoms with Gasteiger partial charge in [-0.15, -0.1) is 11.8 Å². The maximum Gasteiger partial charge on any atom is 0.418 e. The first-order valence-corrected chi connectivity index (χ1v) is 14.6. The number of para-hydroxylation sites is 1. The van der Waals surface area contributed by atoms with Crippen LogP contribution >= 0.6 is 23.4 Å². The van der Waals surface area contributed by atoms with E-state index >= 15 is 0 Å². The number of nitro groups is 1. The summed E-state index contributed by atoms with van der Waals surface area (Å²) in [6.45, 7) is 1.50. The Hall–Kier alpha value is -5.14. The number of carbonyl (C=O) groups is 3. The normalized spacial score (nSPS) is 12.2. The summed E-state index contributed by atoms with van der Waals surface area (Å²) in [6.07, 6.45) is -3.55. The van der Waals surface area contributed by atoms with Crippen molar-refractivity contribution in [3.8, 4) is 0 Å². The van der Waals surface area contributed by atoms with Gasteiger partial charge in [0.2, 0.25) is 5.91 Å². The molecule has 0 bridgehead atoms. The van der Waals surface area contributed by atoms with Crippen molar-refractivity contribution < 1.29 is 32.5 Å². The van der Waals surface area contributed by atoms with Gasteiger partial charge in [0.15, 0.2) is 0 Å². The number of amides is 3. The van der Waals surface area contributed by atoms with Crippen molar-refractivity contribution in [1.29, 1.82) is 0 Å². The third kappa shape index (κ3) is 8.96. The van der Waals surface area contributed by atoms with Gasteiger partial charge in [-0.25, -0.2) is 0 Å². The molecule has 0 aliphatic rings. The summed E-state index contributed by atoms with van der Waals surface area (Å²) in [5.74, 6) is -2.12. The Morgan fingerprint density at radius 2 is 1.61 bits per heavy atom. The van der Waals surface area contributed by atoms with Crippen LogP contribution in [0, 0.1) is 10.1 Å². The molecule has 0 aliphatic heterocycles. The zero-order valence-electron chi connectivity index (χ0n) is 23.8. The van der Waals surface area contributed by atoms with E-state index in [0.717, 1.165) is 23.9 Å². The molecule has 46 heavy (non-hydrogen) atoms. The van der Waals surface area contributed by atoms with E-state index in [-0.39, 0.29) is 33.2 Å². The van der Waals surface area contributed by atoms with Crippen molar-refractivity contribution in [3.63, 3.8) is 0 Å². The van der Waals surface area contributed by atoms with Crippen LogP contribution in [0.5, 0.6) is 0 Å². The number of carbonyl (C=O) groups excluding carboxylic acids is 3. The Morgan fingerprint density at radius 1 is 0.913 bits per heavy atom. The first-order chi connectivity index (χ1) is 21.8. The predicted molar refractivity (Wildman–Crippen MR) is 170 cm³/mol. The molecule has 3 amide bonds. The first-order valence-electron chi connectivity index (χ1n) is 13.4. The van der Waals surface area contributed by atoms with Crippen molar-refractivity contribution in [2.45, 2.75) is 23.2 Å². The molecular formula is C32H24ClF3N4O5S. The maximum absolute atomic E-state index is 13.5. The minimum atomic E-state index is -4.74. The van der Waals surface area contributed by atoms with E-state index in [0.29, 0.717) is 4.90 Å². The Morgan fingerprint density at radius 3 is 2.30 bits per heavy atom. The highest BCUT2D eigenvalue weighted by molar-refractivity contribution is 8.00. The lowest BCUT2D eigenvalue weighted by Crippen LogP contribution is -2.30. The molecule has 4 rings (SSSR count). The average Bonchev–Trinajstić information content (AvgIpc) is 3.01. The van der Waals surface area contributed by atoms with E-state index in [4.69, 9.17) is 11.6 Å². The first kappa shape index (κ1) is 33.7. The lowest BCUT2D eigenvalue weighted by atomic mass is 10.1. The Balaban J connectivity index is 1.53. The topological polar surface area (TPSA) is 130 Å². The zero-order valence-corrected chi connectivity index (χ0v) is 25.4. The molecule has 0 spiro atoms. The molecule has 0 aromatic heterocycles. The average molecular weight is 669 g/mol. The fourth-order valence-electron chi connectivity index (χ4n) is 4.07. The van der Waals surface area contributed by atoms with E-state index in [1.807, 2.05) is 0 Å². The molecule has 4 aromatic carbocycles. The third-order valence-electron chi connectivity index (χ3n) is 6.28. The number of hydrogen-bond acceptors (Lipinski definition) is 6. The monoisotopic (exact) mass is 668 g/mol. The number of nitrogens with one attached hydrogen (secondary N) is 3. The molecule has 4 aromatic rings. The van der Waals surface area contributed by atoms with Crippen LogP contribution in [-0.4, -0.2) is 27.9 Å². The molecule has 0 saturated carbocycles. The summed E-state index contributed by atoms with van der Waals surface area (Å²) >= 11 is 6.74. The summed E-state index contributed by atoms with van der Waals surface area (Å²) in [7, 11) is 0. The Bertz CT molecular complexity index is 1820. The van der Waals surface area contributed by atoms with Crippen LogP contribution in [0.3, 0.4) is 0 Å². The second kappa shape index (κ2) is 14.8. The standard InChI is InChI=1S/C32H24ClF3N4O5S/c1-19(29(41)38-26-15-14-22(33)17-25(26)32(34,35)36)46-24-12-7-11-23(18-24)37-31(43)27(39-30(42)20-8-3-2-4-9-20)16-21-10-5-6-13-28(21)40(44)45/h2-19H,1H3,(H,37,43)(H,38,41)(H,39,42)/b27-16+. The van der Waals surface area contributed by atoms with E-state index in [1.165, 1.54) is 61.5 Å². The van der Waals surface area contributed by atoms with Gasteiger partial charge in [-0.3, -0.25) is 24.5 Å². The van der Waals surface area contributed by atoms with Crippen molar-refractivity contribution >= 4 is 64.2 Å². The van der Waals surface area contributed by atoms with Gasteiger partial charge in [-0.05, 0) is 67.6 Å². The van der Waals surface area contributed by atoms with Crippen LogP contribution in [-0.2, 0) is 15.8 Å². The van der Waals surface area contributed by atoms with Crippen LogP contribution in [0.2, 0.25) is 5.02 Å². The molecule has 0 saturated heterocycles. The lowest BCUT2D eigenvalue weighted by molar-refractivity contribution is -0.385. The molecule has 0 fully saturated rings. The minimum absolute atomic E-state index is 0.0736. The predicted octanol–water partition coefficient (Wildman–Crippen LogP) is 7.80. The van der Waals surface area contributed by atoms with Gasteiger partial charge in [0.1, 0.15) is 5.70 Å². The zero-order chi connectivity index (χ0) is 33.4. The molecule has 0 heterocycles. The van der Waals surface area contributed by atoms with E-state index in [9.17, 15) is 37.7 Å². The number of anilines is 2. The highest BCUT2D eigenvalue weighted by Crippen LogP contribution is 2.37. The van der Waals surface area contributed by atoms with Gasteiger partial charge in [-0.2, -0.15) is 13.2 Å². The number of hydrogen-bond donors (Lipinski definition) is 3. The number of nitrogens with zero attached hydrogens (tertiary/aromatic N) is 1. The van der Waals surface area contributed by atoms with Gasteiger partial charge in [0.25, 0.3) is 17.5 Å². The number of thioether (sulfide) groups is 1. The number of rotatable bonds is 10. The molecule has 1 atom stereocenters. The molecule has 1 unspecified atom stereocenters. The van der Waals surface area contributed by atoms with E-state index in [1.54, 1.807) is 36.4 Å². The van der Waals surface area contributed by atoms with Crippen LogP contribution in [0.4, 0.5) is 30.2 Å². The highest BCUT2D eigenvalue weighted by Gasteiger charge is 2.34. The SMILES string of the molecule is CC(Sc1cccc(NC(=O)/C(=C\c2ccccc2[N+](=O)[O-])NC(=O)c2ccccc2)c1)C(=O)Nc1ccc(Cl)cc1C(F)(F)F. The largest absolute Gasteiger partial charge is 0.418 e. The number of alkyl halides is 3. The Labute approximate surface area is 270 Å². The van der Waals surface area contributed by atoms with Gasteiger partial charge in [-0.1, -0.05) is 48.0 Å². The summed E-state index contributed by atoms with van der Waals surface area (Å²) in [5, 5.41) is 18.0. The van der Waals surface area contributed by atoms with Crippen molar-refractivity contribution in [1.82, 2.24) is 5.32 Å². The highest BCUT2D eigenvalue weighted by atomic mass is 35.5. The van der Waals surface area contributed by atoms with Gasteiger partial charge < -0.3 is 16.0 Å². The van der Waals surface area contributed by atoms with Crippen molar-refractivity contribution in [2.75, 3.05) is 10.6 Å². The fraction of sp³-hybridized carbons (Fsp3) is 0.0938.